The van der Waals surface area contributed by atoms with Gasteiger partial charge in [-0.1, -0.05) is 6.92 Å². The fraction of sp³-hybridized carbons (Fsp3) is 0.846. The molecule has 0 aliphatic carbocycles. The van der Waals surface area contributed by atoms with E-state index < -0.39 is 42.5 Å². The minimum atomic E-state index is -3.21. The minimum absolute atomic E-state index is 0.144. The van der Waals surface area contributed by atoms with Crippen LogP contribution in [0.15, 0.2) is 0 Å². The van der Waals surface area contributed by atoms with Crippen molar-refractivity contribution in [3.05, 3.63) is 0 Å². The van der Waals surface area contributed by atoms with Crippen molar-refractivity contribution in [1.29, 1.82) is 0 Å². The van der Waals surface area contributed by atoms with E-state index in [2.05, 4.69) is 4.74 Å². The minimum Gasteiger partial charge on any atom is -0.466 e. The van der Waals surface area contributed by atoms with Crippen molar-refractivity contribution >= 4 is 12.1 Å². The molecule has 1 N–H and O–H groups in total. The summed E-state index contributed by atoms with van der Waals surface area (Å²) in [6.07, 6.45) is -1.61. The standard InChI is InChI=1S/C13H23F2NO4/c1-6-19-10(17)9(2)7-13(14,15)8-16-11(18)20-12(3,4)5/h9H,6-8H2,1-5H3,(H,16,18)/t9-/m1/s1. The van der Waals surface area contributed by atoms with Gasteiger partial charge in [0.05, 0.1) is 19.1 Å². The molecule has 0 saturated carbocycles. The fourth-order valence-corrected chi connectivity index (χ4v) is 1.40. The van der Waals surface area contributed by atoms with E-state index in [1.807, 2.05) is 5.32 Å². The van der Waals surface area contributed by atoms with Crippen LogP contribution in [0.2, 0.25) is 0 Å². The topological polar surface area (TPSA) is 64.6 Å². The lowest BCUT2D eigenvalue weighted by Gasteiger charge is -2.23. The molecule has 7 heteroatoms. The first-order chi connectivity index (χ1) is 8.97. The number of carbonyl (C=O) groups excluding carboxylic acids is 2. The van der Waals surface area contributed by atoms with E-state index in [1.165, 1.54) is 6.92 Å². The molecule has 0 aliphatic rings. The third-order valence-corrected chi connectivity index (χ3v) is 2.18. The maximum absolute atomic E-state index is 13.6. The van der Waals surface area contributed by atoms with Crippen LogP contribution >= 0.6 is 0 Å². The average Bonchev–Trinajstić information content (AvgIpc) is 2.24. The van der Waals surface area contributed by atoms with Gasteiger partial charge in [-0.05, 0) is 27.7 Å². The summed E-state index contributed by atoms with van der Waals surface area (Å²) in [4.78, 5) is 22.5. The Labute approximate surface area is 118 Å². The smallest absolute Gasteiger partial charge is 0.407 e. The molecule has 0 aromatic heterocycles. The number of esters is 1. The number of nitrogens with one attached hydrogen (secondary N) is 1. The first-order valence-corrected chi connectivity index (χ1v) is 6.48. The Bertz CT molecular complexity index is 340. The zero-order valence-electron chi connectivity index (χ0n) is 12.6. The summed E-state index contributed by atoms with van der Waals surface area (Å²) in [6.45, 7) is 7.12. The largest absolute Gasteiger partial charge is 0.466 e. The Hall–Kier alpha value is -1.40. The highest BCUT2D eigenvalue weighted by Gasteiger charge is 2.35. The van der Waals surface area contributed by atoms with Crippen LogP contribution in [0.4, 0.5) is 13.6 Å². The van der Waals surface area contributed by atoms with E-state index in [9.17, 15) is 18.4 Å². The molecule has 0 radical (unpaired) electrons. The molecule has 118 valence electrons. The van der Waals surface area contributed by atoms with Crippen molar-refractivity contribution in [3.8, 4) is 0 Å². The van der Waals surface area contributed by atoms with Crippen LogP contribution in [0.5, 0.6) is 0 Å². The van der Waals surface area contributed by atoms with Gasteiger partial charge >= 0.3 is 12.1 Å². The quantitative estimate of drug-likeness (QED) is 0.765. The van der Waals surface area contributed by atoms with Gasteiger partial charge in [0.15, 0.2) is 0 Å². The Morgan fingerprint density at radius 2 is 1.80 bits per heavy atom. The molecule has 1 atom stereocenters. The van der Waals surface area contributed by atoms with E-state index in [4.69, 9.17) is 4.74 Å². The molecule has 0 aromatic carbocycles. The highest BCUT2D eigenvalue weighted by Crippen LogP contribution is 2.23. The predicted molar refractivity (Wildman–Crippen MR) is 69.6 cm³/mol. The lowest BCUT2D eigenvalue weighted by Crippen LogP contribution is -2.41. The molecule has 0 spiro atoms. The van der Waals surface area contributed by atoms with Gasteiger partial charge in [-0.15, -0.1) is 0 Å². The normalized spacial score (nSPS) is 13.6. The Morgan fingerprint density at radius 3 is 2.25 bits per heavy atom. The van der Waals surface area contributed by atoms with Gasteiger partial charge in [0, 0.05) is 6.42 Å². The van der Waals surface area contributed by atoms with Crippen LogP contribution in [-0.2, 0) is 14.3 Å². The van der Waals surface area contributed by atoms with E-state index in [1.54, 1.807) is 27.7 Å². The fourth-order valence-electron chi connectivity index (χ4n) is 1.40. The summed E-state index contributed by atoms with van der Waals surface area (Å²) in [5.74, 6) is -4.82. The molecule has 0 aliphatic heterocycles. The molecule has 5 nitrogen and oxygen atoms in total. The number of hydrogen-bond acceptors (Lipinski definition) is 4. The lowest BCUT2D eigenvalue weighted by molar-refractivity contribution is -0.150. The predicted octanol–water partition coefficient (Wildman–Crippen LogP) is 2.74. The zero-order chi connectivity index (χ0) is 16.0. The molecule has 1 amide bonds. The molecule has 20 heavy (non-hydrogen) atoms. The highest BCUT2D eigenvalue weighted by molar-refractivity contribution is 5.72. The molecule has 0 heterocycles. The summed E-state index contributed by atoms with van der Waals surface area (Å²) in [5, 5.41) is 1.99. The molecule has 0 bridgehead atoms. The van der Waals surface area contributed by atoms with Gasteiger partial charge in [-0.3, -0.25) is 4.79 Å². The maximum atomic E-state index is 13.6. The molecular formula is C13H23F2NO4. The van der Waals surface area contributed by atoms with Crippen molar-refractivity contribution in [1.82, 2.24) is 5.32 Å². The molecule has 0 saturated heterocycles. The van der Waals surface area contributed by atoms with Gasteiger partial charge in [-0.25, -0.2) is 13.6 Å². The van der Waals surface area contributed by atoms with Crippen molar-refractivity contribution in [2.45, 2.75) is 52.6 Å². The van der Waals surface area contributed by atoms with Crippen molar-refractivity contribution < 1.29 is 27.8 Å². The number of alkyl carbamates (subject to hydrolysis) is 1. The summed E-state index contributed by atoms with van der Waals surface area (Å²) < 4.78 is 36.7. The number of rotatable bonds is 6. The van der Waals surface area contributed by atoms with Gasteiger partial charge in [-0.2, -0.15) is 0 Å². The Kier molecular flexibility index (Phi) is 6.88. The number of hydrogen-bond donors (Lipinski definition) is 1. The van der Waals surface area contributed by atoms with Crippen molar-refractivity contribution in [2.75, 3.05) is 13.2 Å². The third kappa shape index (κ3) is 8.66. The van der Waals surface area contributed by atoms with Crippen LogP contribution in [0.3, 0.4) is 0 Å². The van der Waals surface area contributed by atoms with Crippen LogP contribution < -0.4 is 5.32 Å². The maximum Gasteiger partial charge on any atom is 0.407 e. The second-order valence-electron chi connectivity index (χ2n) is 5.57. The molecule has 0 fully saturated rings. The van der Waals surface area contributed by atoms with Crippen LogP contribution in [0, 0.1) is 5.92 Å². The van der Waals surface area contributed by atoms with Crippen molar-refractivity contribution in [2.24, 2.45) is 5.92 Å². The van der Waals surface area contributed by atoms with Crippen LogP contribution in [0.1, 0.15) is 41.0 Å². The third-order valence-electron chi connectivity index (χ3n) is 2.18. The van der Waals surface area contributed by atoms with Gasteiger partial charge < -0.3 is 14.8 Å². The second kappa shape index (κ2) is 7.40. The number of amides is 1. The van der Waals surface area contributed by atoms with Crippen LogP contribution in [-0.4, -0.2) is 36.7 Å². The Balaban J connectivity index is 4.25. The van der Waals surface area contributed by atoms with E-state index in [-0.39, 0.29) is 6.61 Å². The number of halogens is 2. The van der Waals surface area contributed by atoms with Gasteiger partial charge in [0.1, 0.15) is 5.60 Å². The summed E-state index contributed by atoms with van der Waals surface area (Å²) >= 11 is 0. The first-order valence-electron chi connectivity index (χ1n) is 6.48. The van der Waals surface area contributed by atoms with E-state index in [0.29, 0.717) is 0 Å². The summed E-state index contributed by atoms with van der Waals surface area (Å²) in [5.41, 5.74) is -0.752. The molecular weight excluding hydrogens is 272 g/mol. The average molecular weight is 295 g/mol. The molecule has 0 unspecified atom stereocenters. The number of alkyl halides is 2. The van der Waals surface area contributed by atoms with Crippen molar-refractivity contribution in [3.63, 3.8) is 0 Å². The lowest BCUT2D eigenvalue weighted by atomic mass is 10.0. The first kappa shape index (κ1) is 18.6. The van der Waals surface area contributed by atoms with Gasteiger partial charge in [0.2, 0.25) is 0 Å². The number of carbonyl (C=O) groups is 2. The summed E-state index contributed by atoms with van der Waals surface area (Å²) in [6, 6.07) is 0. The van der Waals surface area contributed by atoms with Crippen LogP contribution in [0.25, 0.3) is 0 Å². The highest BCUT2D eigenvalue weighted by atomic mass is 19.3. The molecule has 0 rings (SSSR count). The van der Waals surface area contributed by atoms with E-state index in [0.717, 1.165) is 0 Å². The van der Waals surface area contributed by atoms with Gasteiger partial charge in [0.25, 0.3) is 5.92 Å². The second-order valence-corrected chi connectivity index (χ2v) is 5.57. The summed E-state index contributed by atoms with van der Waals surface area (Å²) in [7, 11) is 0. The zero-order valence-corrected chi connectivity index (χ0v) is 12.6. The molecule has 0 aromatic rings. The Morgan fingerprint density at radius 1 is 1.25 bits per heavy atom. The number of ether oxygens (including phenoxy) is 2. The monoisotopic (exact) mass is 295 g/mol. The SMILES string of the molecule is CCOC(=O)[C@H](C)CC(F)(F)CNC(=O)OC(C)(C)C. The van der Waals surface area contributed by atoms with E-state index >= 15 is 0 Å².